The monoisotopic (exact) mass is 298 g/mol. The Bertz CT molecular complexity index is 656. The first-order valence-electron chi connectivity index (χ1n) is 6.91. The Morgan fingerprint density at radius 3 is 2.32 bits per heavy atom. The predicted octanol–water partition coefficient (Wildman–Crippen LogP) is 2.45. The molecule has 114 valence electrons. The molecule has 5 nitrogen and oxygen atoms in total. The van der Waals surface area contributed by atoms with Gasteiger partial charge in [0.15, 0.2) is 0 Å². The summed E-state index contributed by atoms with van der Waals surface area (Å²) < 4.78 is 5.17. The van der Waals surface area contributed by atoms with Crippen molar-refractivity contribution in [2.45, 2.75) is 13.0 Å². The molecule has 0 radical (unpaired) electrons. The average molecular weight is 298 g/mol. The third kappa shape index (κ3) is 3.85. The minimum atomic E-state index is -0.669. The average Bonchev–Trinajstić information content (AvgIpc) is 2.56. The van der Waals surface area contributed by atoms with Crippen molar-refractivity contribution in [2.24, 2.45) is 0 Å². The van der Waals surface area contributed by atoms with E-state index in [9.17, 15) is 9.59 Å². The van der Waals surface area contributed by atoms with Crippen LogP contribution in [0.15, 0.2) is 54.6 Å². The minimum Gasteiger partial charge on any atom is -0.495 e. The van der Waals surface area contributed by atoms with E-state index in [1.807, 2.05) is 12.1 Å². The van der Waals surface area contributed by atoms with Crippen molar-refractivity contribution in [2.75, 3.05) is 12.4 Å². The minimum absolute atomic E-state index is 0.289. The van der Waals surface area contributed by atoms with Gasteiger partial charge in [0.2, 0.25) is 5.91 Å². The summed E-state index contributed by atoms with van der Waals surface area (Å²) in [5, 5.41) is 5.40. The topological polar surface area (TPSA) is 67.4 Å². The maximum Gasteiger partial charge on any atom is 0.251 e. The molecule has 2 N–H and O–H groups in total. The largest absolute Gasteiger partial charge is 0.495 e. The van der Waals surface area contributed by atoms with E-state index in [0.717, 1.165) is 0 Å². The summed E-state index contributed by atoms with van der Waals surface area (Å²) in [5.41, 5.74) is 1.08. The zero-order valence-electron chi connectivity index (χ0n) is 12.5. The lowest BCUT2D eigenvalue weighted by Gasteiger charge is -2.15. The molecule has 0 aliphatic carbocycles. The maximum atomic E-state index is 12.2. The normalized spacial score (nSPS) is 11.4. The Morgan fingerprint density at radius 1 is 1.00 bits per heavy atom. The highest BCUT2D eigenvalue weighted by Gasteiger charge is 2.17. The first-order chi connectivity index (χ1) is 10.6. The third-order valence-corrected chi connectivity index (χ3v) is 3.14. The van der Waals surface area contributed by atoms with Gasteiger partial charge in [-0.3, -0.25) is 9.59 Å². The number of carbonyl (C=O) groups is 2. The zero-order valence-corrected chi connectivity index (χ0v) is 12.5. The Hall–Kier alpha value is -2.82. The van der Waals surface area contributed by atoms with E-state index in [1.165, 1.54) is 7.11 Å². The highest BCUT2D eigenvalue weighted by Crippen LogP contribution is 2.23. The van der Waals surface area contributed by atoms with E-state index in [4.69, 9.17) is 4.74 Å². The molecule has 0 unspecified atom stereocenters. The Morgan fingerprint density at radius 2 is 1.64 bits per heavy atom. The first-order valence-corrected chi connectivity index (χ1v) is 6.91. The van der Waals surface area contributed by atoms with Gasteiger partial charge in [-0.05, 0) is 31.2 Å². The van der Waals surface area contributed by atoms with Gasteiger partial charge in [0.05, 0.1) is 12.8 Å². The van der Waals surface area contributed by atoms with Gasteiger partial charge in [-0.15, -0.1) is 0 Å². The molecule has 0 heterocycles. The molecule has 1 atom stereocenters. The number of methoxy groups -OCH3 is 1. The number of carbonyl (C=O) groups excluding carboxylic acids is 2. The lowest BCUT2D eigenvalue weighted by molar-refractivity contribution is -0.117. The fourth-order valence-corrected chi connectivity index (χ4v) is 1.92. The van der Waals surface area contributed by atoms with Gasteiger partial charge >= 0.3 is 0 Å². The van der Waals surface area contributed by atoms with Crippen molar-refractivity contribution in [3.05, 3.63) is 60.2 Å². The molecule has 22 heavy (non-hydrogen) atoms. The van der Waals surface area contributed by atoms with E-state index in [-0.39, 0.29) is 11.8 Å². The SMILES string of the molecule is COc1ccccc1NC(=O)[C@H](C)NC(=O)c1ccccc1. The zero-order chi connectivity index (χ0) is 15.9. The predicted molar refractivity (Wildman–Crippen MR) is 85.0 cm³/mol. The van der Waals surface area contributed by atoms with Crippen molar-refractivity contribution in [3.8, 4) is 5.75 Å². The highest BCUT2D eigenvalue weighted by molar-refractivity contribution is 6.01. The van der Waals surface area contributed by atoms with E-state index in [0.29, 0.717) is 17.0 Å². The van der Waals surface area contributed by atoms with Crippen LogP contribution in [0, 0.1) is 0 Å². The molecular weight excluding hydrogens is 280 g/mol. The van der Waals surface area contributed by atoms with Crippen LogP contribution < -0.4 is 15.4 Å². The van der Waals surface area contributed by atoms with E-state index in [2.05, 4.69) is 10.6 Å². The van der Waals surface area contributed by atoms with Gasteiger partial charge in [0, 0.05) is 5.56 Å². The smallest absolute Gasteiger partial charge is 0.251 e. The van der Waals surface area contributed by atoms with Crippen LogP contribution in [0.5, 0.6) is 5.75 Å². The standard InChI is InChI=1S/C17H18N2O3/c1-12(18-17(21)13-8-4-3-5-9-13)16(20)19-14-10-6-7-11-15(14)22-2/h3-12H,1-2H3,(H,18,21)(H,19,20)/t12-/m0/s1. The molecule has 0 spiro atoms. The molecule has 5 heteroatoms. The summed E-state index contributed by atoms with van der Waals surface area (Å²) in [5.74, 6) is -0.0329. The summed E-state index contributed by atoms with van der Waals surface area (Å²) in [6, 6.07) is 15.2. The van der Waals surface area contributed by atoms with Gasteiger partial charge in [-0.2, -0.15) is 0 Å². The lowest BCUT2D eigenvalue weighted by Crippen LogP contribution is -2.41. The molecule has 2 rings (SSSR count). The van der Waals surface area contributed by atoms with Crippen molar-refractivity contribution in [1.82, 2.24) is 5.32 Å². The van der Waals surface area contributed by atoms with Gasteiger partial charge < -0.3 is 15.4 Å². The summed E-state index contributed by atoms with van der Waals surface area (Å²) >= 11 is 0. The van der Waals surface area contributed by atoms with Crippen LogP contribution >= 0.6 is 0 Å². The third-order valence-electron chi connectivity index (χ3n) is 3.14. The van der Waals surface area contributed by atoms with Crippen LogP contribution in [0.3, 0.4) is 0 Å². The molecule has 2 aromatic carbocycles. The molecule has 0 aliphatic heterocycles. The second kappa shape index (κ2) is 7.26. The van der Waals surface area contributed by atoms with E-state index in [1.54, 1.807) is 49.4 Å². The number of amides is 2. The van der Waals surface area contributed by atoms with Gasteiger partial charge in [-0.25, -0.2) is 0 Å². The van der Waals surface area contributed by atoms with Gasteiger partial charge in [-0.1, -0.05) is 30.3 Å². The number of anilines is 1. The number of hydrogen-bond acceptors (Lipinski definition) is 3. The Kier molecular flexibility index (Phi) is 5.14. The number of para-hydroxylation sites is 2. The molecule has 0 aliphatic rings. The van der Waals surface area contributed by atoms with Crippen LogP contribution in [0.2, 0.25) is 0 Å². The summed E-state index contributed by atoms with van der Waals surface area (Å²) in [6.07, 6.45) is 0. The van der Waals surface area contributed by atoms with Crippen molar-refractivity contribution in [1.29, 1.82) is 0 Å². The number of hydrogen-bond donors (Lipinski definition) is 2. The molecule has 0 saturated heterocycles. The molecule has 0 aromatic heterocycles. The molecule has 0 saturated carbocycles. The van der Waals surface area contributed by atoms with Crippen LogP contribution in [-0.2, 0) is 4.79 Å². The van der Waals surface area contributed by atoms with E-state index < -0.39 is 6.04 Å². The number of benzene rings is 2. The lowest BCUT2D eigenvalue weighted by atomic mass is 10.2. The number of ether oxygens (including phenoxy) is 1. The van der Waals surface area contributed by atoms with Crippen LogP contribution in [-0.4, -0.2) is 25.0 Å². The van der Waals surface area contributed by atoms with Crippen LogP contribution in [0.4, 0.5) is 5.69 Å². The second-order valence-corrected chi connectivity index (χ2v) is 4.75. The van der Waals surface area contributed by atoms with Crippen molar-refractivity contribution in [3.63, 3.8) is 0 Å². The molecule has 2 amide bonds. The molecule has 0 bridgehead atoms. The fraction of sp³-hybridized carbons (Fsp3) is 0.176. The van der Waals surface area contributed by atoms with Crippen LogP contribution in [0.1, 0.15) is 17.3 Å². The number of nitrogens with one attached hydrogen (secondary N) is 2. The van der Waals surface area contributed by atoms with Crippen LogP contribution in [0.25, 0.3) is 0 Å². The Labute approximate surface area is 129 Å². The maximum absolute atomic E-state index is 12.2. The quantitative estimate of drug-likeness (QED) is 0.891. The fourth-order valence-electron chi connectivity index (χ4n) is 1.92. The first kappa shape index (κ1) is 15.6. The van der Waals surface area contributed by atoms with Gasteiger partial charge in [0.1, 0.15) is 11.8 Å². The highest BCUT2D eigenvalue weighted by atomic mass is 16.5. The molecule has 2 aromatic rings. The molecule has 0 fully saturated rings. The van der Waals surface area contributed by atoms with Crippen molar-refractivity contribution < 1.29 is 14.3 Å². The summed E-state index contributed by atoms with van der Waals surface area (Å²) in [6.45, 7) is 1.63. The van der Waals surface area contributed by atoms with Gasteiger partial charge in [0.25, 0.3) is 5.91 Å². The summed E-state index contributed by atoms with van der Waals surface area (Å²) in [7, 11) is 1.53. The summed E-state index contributed by atoms with van der Waals surface area (Å²) in [4.78, 5) is 24.2. The number of rotatable bonds is 5. The van der Waals surface area contributed by atoms with Crippen molar-refractivity contribution >= 4 is 17.5 Å². The van der Waals surface area contributed by atoms with E-state index >= 15 is 0 Å². The molecular formula is C17H18N2O3. The Balaban J connectivity index is 1.99. The second-order valence-electron chi connectivity index (χ2n) is 4.75.